The fraction of sp³-hybridized carbons (Fsp3) is 0.150. The highest BCUT2D eigenvalue weighted by Gasteiger charge is 2.14. The summed E-state index contributed by atoms with van der Waals surface area (Å²) in [5, 5.41) is 13.2. The number of rotatable bonds is 9. The lowest BCUT2D eigenvalue weighted by atomic mass is 10.2. The van der Waals surface area contributed by atoms with Crippen molar-refractivity contribution in [3.8, 4) is 11.5 Å². The number of anilines is 1. The largest absolute Gasteiger partial charge is 0.455 e. The molecule has 9 nitrogen and oxygen atoms in total. The van der Waals surface area contributed by atoms with Crippen molar-refractivity contribution < 1.29 is 27.9 Å². The number of amides is 2. The molecule has 1 aromatic heterocycles. The van der Waals surface area contributed by atoms with Crippen molar-refractivity contribution in [2.45, 2.75) is 5.22 Å². The molecule has 1 heterocycles. The van der Waals surface area contributed by atoms with Crippen LogP contribution in [0.15, 0.2) is 58.2 Å². The lowest BCUT2D eigenvalue weighted by Crippen LogP contribution is -2.35. The van der Waals surface area contributed by atoms with E-state index in [1.165, 1.54) is 24.3 Å². The van der Waals surface area contributed by atoms with Crippen molar-refractivity contribution in [2.75, 3.05) is 24.2 Å². The number of aromatic nitrogens is 2. The van der Waals surface area contributed by atoms with E-state index < -0.39 is 30.2 Å². The molecular formula is C20H16ClFN4O5S. The predicted octanol–water partition coefficient (Wildman–Crippen LogP) is 2.92. The number of hydrogen-bond acceptors (Lipinski definition) is 8. The van der Waals surface area contributed by atoms with Gasteiger partial charge in [-0.2, -0.15) is 0 Å². The molecule has 3 rings (SSSR count). The predicted molar refractivity (Wildman–Crippen MR) is 114 cm³/mol. The van der Waals surface area contributed by atoms with Crippen molar-refractivity contribution in [1.29, 1.82) is 0 Å². The second-order valence-corrected chi connectivity index (χ2v) is 7.52. The van der Waals surface area contributed by atoms with Crippen LogP contribution in [0.2, 0.25) is 5.02 Å². The lowest BCUT2D eigenvalue weighted by Gasteiger charge is -2.07. The van der Waals surface area contributed by atoms with E-state index in [-0.39, 0.29) is 23.4 Å². The molecular weight excluding hydrogens is 463 g/mol. The van der Waals surface area contributed by atoms with Gasteiger partial charge in [0.05, 0.1) is 6.54 Å². The number of thioether (sulfide) groups is 1. The molecule has 2 N–H and O–H groups in total. The summed E-state index contributed by atoms with van der Waals surface area (Å²) < 4.78 is 23.1. The van der Waals surface area contributed by atoms with Crippen molar-refractivity contribution in [3.05, 3.63) is 59.4 Å². The molecule has 0 aliphatic heterocycles. The maximum Gasteiger partial charge on any atom is 0.316 e. The van der Waals surface area contributed by atoms with Gasteiger partial charge in [-0.3, -0.25) is 14.4 Å². The highest BCUT2D eigenvalue weighted by molar-refractivity contribution is 7.99. The second-order valence-electron chi connectivity index (χ2n) is 6.16. The molecule has 32 heavy (non-hydrogen) atoms. The summed E-state index contributed by atoms with van der Waals surface area (Å²) in [6, 6.07) is 12.0. The summed E-state index contributed by atoms with van der Waals surface area (Å²) in [5.41, 5.74) is 1.06. The molecule has 2 aromatic carbocycles. The summed E-state index contributed by atoms with van der Waals surface area (Å²) in [6.07, 6.45) is 0. The average Bonchev–Trinajstić information content (AvgIpc) is 3.26. The van der Waals surface area contributed by atoms with Crippen LogP contribution in [-0.2, 0) is 19.1 Å². The van der Waals surface area contributed by atoms with Gasteiger partial charge in [-0.1, -0.05) is 23.4 Å². The van der Waals surface area contributed by atoms with Gasteiger partial charge in [0, 0.05) is 16.3 Å². The summed E-state index contributed by atoms with van der Waals surface area (Å²) in [5.74, 6) is -2.15. The number of hydrogen-bond donors (Lipinski definition) is 2. The second kappa shape index (κ2) is 11.3. The third kappa shape index (κ3) is 7.36. The lowest BCUT2D eigenvalue weighted by molar-refractivity contribution is -0.146. The van der Waals surface area contributed by atoms with Crippen LogP contribution >= 0.6 is 23.4 Å². The Morgan fingerprint density at radius 1 is 1.03 bits per heavy atom. The zero-order valence-electron chi connectivity index (χ0n) is 16.3. The minimum atomic E-state index is -0.674. The number of nitrogens with one attached hydrogen (secondary N) is 2. The summed E-state index contributed by atoms with van der Waals surface area (Å²) in [6.45, 7) is -0.888. The van der Waals surface area contributed by atoms with Gasteiger partial charge < -0.3 is 19.8 Å². The SMILES string of the molecule is O=C(COC(=O)CSc1nnc(-c2ccc(Cl)cc2)o1)NCC(=O)Nc1ccc(F)cc1. The Morgan fingerprint density at radius 2 is 1.75 bits per heavy atom. The fourth-order valence-electron chi connectivity index (χ4n) is 2.25. The summed E-state index contributed by atoms with van der Waals surface area (Å²) >= 11 is 6.79. The number of carbonyl (C=O) groups is 3. The van der Waals surface area contributed by atoms with Gasteiger partial charge in [0.1, 0.15) is 11.6 Å². The minimum absolute atomic E-state index is 0.152. The molecule has 3 aromatic rings. The van der Waals surface area contributed by atoms with Crippen molar-refractivity contribution in [2.24, 2.45) is 0 Å². The van der Waals surface area contributed by atoms with E-state index in [1.54, 1.807) is 24.3 Å². The molecule has 2 amide bonds. The number of benzene rings is 2. The van der Waals surface area contributed by atoms with E-state index in [2.05, 4.69) is 20.8 Å². The number of esters is 1. The molecule has 0 aliphatic rings. The van der Waals surface area contributed by atoms with Crippen LogP contribution in [0, 0.1) is 5.82 Å². The molecule has 0 atom stereocenters. The third-order valence-corrected chi connectivity index (χ3v) is 4.79. The first-order valence-electron chi connectivity index (χ1n) is 9.09. The molecule has 0 radical (unpaired) electrons. The van der Waals surface area contributed by atoms with Gasteiger partial charge in [0.15, 0.2) is 6.61 Å². The van der Waals surface area contributed by atoms with E-state index in [4.69, 9.17) is 20.8 Å². The first-order valence-corrected chi connectivity index (χ1v) is 10.5. The topological polar surface area (TPSA) is 123 Å². The van der Waals surface area contributed by atoms with Crippen LogP contribution in [0.1, 0.15) is 0 Å². The third-order valence-electron chi connectivity index (χ3n) is 3.75. The molecule has 12 heteroatoms. The Morgan fingerprint density at radius 3 is 2.47 bits per heavy atom. The molecule has 0 fully saturated rings. The van der Waals surface area contributed by atoms with Crippen molar-refractivity contribution >= 4 is 46.8 Å². The normalized spacial score (nSPS) is 10.4. The molecule has 0 aliphatic carbocycles. The number of ether oxygens (including phenoxy) is 1. The molecule has 0 saturated carbocycles. The maximum absolute atomic E-state index is 12.8. The first-order chi connectivity index (χ1) is 15.4. The standard InChI is InChI=1S/C20H16ClFN4O5S/c21-13-3-1-12(2-4-13)19-25-26-20(31-19)32-11-18(29)30-10-17(28)23-9-16(27)24-15-7-5-14(22)6-8-15/h1-8H,9-11H2,(H,23,28)(H,24,27). The van der Waals surface area contributed by atoms with Crippen LogP contribution in [0.4, 0.5) is 10.1 Å². The van der Waals surface area contributed by atoms with Gasteiger partial charge in [0.2, 0.25) is 11.8 Å². The smallest absolute Gasteiger partial charge is 0.316 e. The number of halogens is 2. The Balaban J connectivity index is 1.34. The molecule has 166 valence electrons. The van der Waals surface area contributed by atoms with E-state index >= 15 is 0 Å². The number of nitrogens with zero attached hydrogens (tertiary/aromatic N) is 2. The quantitative estimate of drug-likeness (QED) is 0.355. The van der Waals surface area contributed by atoms with Crippen LogP contribution in [0.3, 0.4) is 0 Å². The van der Waals surface area contributed by atoms with Crippen LogP contribution in [0.5, 0.6) is 0 Å². The summed E-state index contributed by atoms with van der Waals surface area (Å²) in [7, 11) is 0. The van der Waals surface area contributed by atoms with Gasteiger partial charge in [-0.05, 0) is 48.5 Å². The van der Waals surface area contributed by atoms with E-state index in [0.717, 1.165) is 11.8 Å². The fourth-order valence-corrected chi connectivity index (χ4v) is 2.94. The first kappa shape index (κ1) is 23.2. The molecule has 0 bridgehead atoms. The van der Waals surface area contributed by atoms with Crippen LogP contribution < -0.4 is 10.6 Å². The van der Waals surface area contributed by atoms with Gasteiger partial charge >= 0.3 is 5.97 Å². The van der Waals surface area contributed by atoms with E-state index in [1.807, 2.05) is 0 Å². The zero-order chi connectivity index (χ0) is 22.9. The Bertz CT molecular complexity index is 1090. The zero-order valence-corrected chi connectivity index (χ0v) is 17.9. The van der Waals surface area contributed by atoms with E-state index in [9.17, 15) is 18.8 Å². The van der Waals surface area contributed by atoms with Crippen molar-refractivity contribution in [3.63, 3.8) is 0 Å². The van der Waals surface area contributed by atoms with Gasteiger partial charge in [0.25, 0.3) is 11.1 Å². The van der Waals surface area contributed by atoms with Gasteiger partial charge in [-0.25, -0.2) is 4.39 Å². The highest BCUT2D eigenvalue weighted by Crippen LogP contribution is 2.24. The van der Waals surface area contributed by atoms with Crippen LogP contribution in [-0.4, -0.2) is 46.9 Å². The van der Waals surface area contributed by atoms with Gasteiger partial charge in [-0.15, -0.1) is 10.2 Å². The average molecular weight is 479 g/mol. The van der Waals surface area contributed by atoms with Crippen LogP contribution in [0.25, 0.3) is 11.5 Å². The van der Waals surface area contributed by atoms with Crippen molar-refractivity contribution in [1.82, 2.24) is 15.5 Å². The van der Waals surface area contributed by atoms with E-state index in [0.29, 0.717) is 16.3 Å². The number of carbonyl (C=O) groups excluding carboxylic acids is 3. The Hall–Kier alpha value is -3.44. The molecule has 0 saturated heterocycles. The summed E-state index contributed by atoms with van der Waals surface area (Å²) in [4.78, 5) is 35.3. The Kier molecular flexibility index (Phi) is 8.17. The molecule has 0 unspecified atom stereocenters. The molecule has 0 spiro atoms. The monoisotopic (exact) mass is 478 g/mol. The Labute approximate surface area is 190 Å². The minimum Gasteiger partial charge on any atom is -0.455 e. The highest BCUT2D eigenvalue weighted by atomic mass is 35.5. The maximum atomic E-state index is 12.8.